The second-order valence-corrected chi connectivity index (χ2v) is 8.59. The number of carbonyl (C=O) groups excluding carboxylic acids is 1. The molecule has 7 heteroatoms. The van der Waals surface area contributed by atoms with Crippen LogP contribution in [0.4, 0.5) is 0 Å². The van der Waals surface area contributed by atoms with Crippen LogP contribution < -0.4 is 5.32 Å². The van der Waals surface area contributed by atoms with Crippen LogP contribution in [0, 0.1) is 0 Å². The largest absolute Gasteiger partial charge is 0.459 e. The number of rotatable bonds is 5. The van der Waals surface area contributed by atoms with Crippen molar-refractivity contribution in [1.82, 2.24) is 15.1 Å². The summed E-state index contributed by atoms with van der Waals surface area (Å²) in [6.45, 7) is 12.6. The minimum Gasteiger partial charge on any atom is -0.459 e. The lowest BCUT2D eigenvalue weighted by Gasteiger charge is -2.36. The predicted octanol–water partition coefficient (Wildman–Crippen LogP) is 1.88. The van der Waals surface area contributed by atoms with Gasteiger partial charge in [-0.05, 0) is 33.3 Å². The molecular formula is C22H34N4O3. The SMILES string of the molecule is CCNC(=NCC(=O)OC(C)(C)C)N1CC2OCCN(Cc3ccccc3)C2C1. The van der Waals surface area contributed by atoms with Gasteiger partial charge in [0.1, 0.15) is 12.1 Å². The van der Waals surface area contributed by atoms with Crippen molar-refractivity contribution in [1.29, 1.82) is 0 Å². The van der Waals surface area contributed by atoms with Gasteiger partial charge in [-0.25, -0.2) is 4.99 Å². The highest BCUT2D eigenvalue weighted by Crippen LogP contribution is 2.24. The van der Waals surface area contributed by atoms with E-state index in [0.717, 1.165) is 45.3 Å². The van der Waals surface area contributed by atoms with Gasteiger partial charge in [0.2, 0.25) is 0 Å². The van der Waals surface area contributed by atoms with Gasteiger partial charge in [0.25, 0.3) is 0 Å². The molecule has 0 radical (unpaired) electrons. The molecule has 1 aromatic carbocycles. The predicted molar refractivity (Wildman–Crippen MR) is 114 cm³/mol. The van der Waals surface area contributed by atoms with Gasteiger partial charge in [-0.1, -0.05) is 30.3 Å². The standard InChI is InChI=1S/C22H34N4O3/c1-5-23-21(24-13-20(27)29-22(2,3)4)26-15-18-19(16-26)28-12-11-25(18)14-17-9-7-6-8-10-17/h6-10,18-19H,5,11-16H2,1-4H3,(H,23,24). The zero-order chi connectivity index (χ0) is 20.9. The molecule has 0 aliphatic carbocycles. The number of hydrogen-bond donors (Lipinski definition) is 1. The molecule has 2 atom stereocenters. The van der Waals surface area contributed by atoms with E-state index in [1.54, 1.807) is 0 Å². The van der Waals surface area contributed by atoms with Crippen LogP contribution in [0.3, 0.4) is 0 Å². The van der Waals surface area contributed by atoms with Gasteiger partial charge >= 0.3 is 5.97 Å². The summed E-state index contributed by atoms with van der Waals surface area (Å²) in [7, 11) is 0. The molecule has 0 aromatic heterocycles. The highest BCUT2D eigenvalue weighted by molar-refractivity contribution is 5.83. The summed E-state index contributed by atoms with van der Waals surface area (Å²) in [6, 6.07) is 10.9. The van der Waals surface area contributed by atoms with E-state index < -0.39 is 5.60 Å². The first-order chi connectivity index (χ1) is 13.9. The fraction of sp³-hybridized carbons (Fsp3) is 0.636. The maximum atomic E-state index is 12.1. The molecular weight excluding hydrogens is 368 g/mol. The van der Waals surface area contributed by atoms with E-state index in [2.05, 4.69) is 44.4 Å². The fourth-order valence-electron chi connectivity index (χ4n) is 3.88. The zero-order valence-electron chi connectivity index (χ0n) is 18.1. The first kappa shape index (κ1) is 21.6. The molecule has 2 fully saturated rings. The quantitative estimate of drug-likeness (QED) is 0.461. The molecule has 2 aliphatic heterocycles. The maximum absolute atomic E-state index is 12.1. The number of esters is 1. The van der Waals surface area contributed by atoms with Crippen LogP contribution in [0.2, 0.25) is 0 Å². The number of aliphatic imine (C=N–C) groups is 1. The third kappa shape index (κ3) is 6.18. The van der Waals surface area contributed by atoms with Gasteiger partial charge in [-0.15, -0.1) is 0 Å². The van der Waals surface area contributed by atoms with Crippen LogP contribution in [0.15, 0.2) is 35.3 Å². The minimum absolute atomic E-state index is 0.0139. The van der Waals surface area contributed by atoms with Crippen LogP contribution >= 0.6 is 0 Å². The average molecular weight is 403 g/mol. The second kappa shape index (κ2) is 9.59. The summed E-state index contributed by atoms with van der Waals surface area (Å²) >= 11 is 0. The molecule has 0 saturated carbocycles. The highest BCUT2D eigenvalue weighted by atomic mass is 16.6. The van der Waals surface area contributed by atoms with Crippen molar-refractivity contribution < 1.29 is 14.3 Å². The van der Waals surface area contributed by atoms with Gasteiger partial charge < -0.3 is 19.7 Å². The summed E-state index contributed by atoms with van der Waals surface area (Å²) in [5, 5.41) is 3.31. The number of fused-ring (bicyclic) bond motifs is 1. The smallest absolute Gasteiger partial charge is 0.328 e. The molecule has 3 rings (SSSR count). The number of ether oxygens (including phenoxy) is 2. The summed E-state index contributed by atoms with van der Waals surface area (Å²) < 4.78 is 11.4. The molecule has 2 unspecified atom stereocenters. The first-order valence-electron chi connectivity index (χ1n) is 10.5. The third-order valence-electron chi connectivity index (χ3n) is 5.06. The van der Waals surface area contributed by atoms with Crippen molar-refractivity contribution in [2.75, 3.05) is 39.3 Å². The average Bonchev–Trinajstić information content (AvgIpc) is 3.10. The Labute approximate surface area is 174 Å². The lowest BCUT2D eigenvalue weighted by atomic mass is 10.1. The molecule has 0 spiro atoms. The van der Waals surface area contributed by atoms with Gasteiger partial charge in [0.05, 0.1) is 18.8 Å². The molecule has 7 nitrogen and oxygen atoms in total. The Balaban J connectivity index is 1.65. The van der Waals surface area contributed by atoms with Crippen molar-refractivity contribution in [3.05, 3.63) is 35.9 Å². The summed E-state index contributed by atoms with van der Waals surface area (Å²) in [5.41, 5.74) is 0.816. The Bertz CT molecular complexity index is 702. The lowest BCUT2D eigenvalue weighted by molar-refractivity contribution is -0.152. The number of nitrogens with one attached hydrogen (secondary N) is 1. The van der Waals surface area contributed by atoms with E-state index in [9.17, 15) is 4.79 Å². The van der Waals surface area contributed by atoms with Crippen molar-refractivity contribution in [2.45, 2.75) is 52.0 Å². The molecule has 0 amide bonds. The lowest BCUT2D eigenvalue weighted by Crippen LogP contribution is -2.50. The molecule has 2 heterocycles. The van der Waals surface area contributed by atoms with Gasteiger partial charge in [0.15, 0.2) is 5.96 Å². The van der Waals surface area contributed by atoms with Crippen molar-refractivity contribution in [3.63, 3.8) is 0 Å². The van der Waals surface area contributed by atoms with Crippen molar-refractivity contribution in [3.8, 4) is 0 Å². The molecule has 1 N–H and O–H groups in total. The monoisotopic (exact) mass is 402 g/mol. The number of benzene rings is 1. The Morgan fingerprint density at radius 3 is 2.72 bits per heavy atom. The number of nitrogens with zero attached hydrogens (tertiary/aromatic N) is 3. The number of carbonyl (C=O) groups is 1. The third-order valence-corrected chi connectivity index (χ3v) is 5.06. The Kier molecular flexibility index (Phi) is 7.14. The molecule has 1 aromatic rings. The molecule has 0 bridgehead atoms. The normalized spacial score (nSPS) is 23.0. The van der Waals surface area contributed by atoms with Crippen molar-refractivity contribution >= 4 is 11.9 Å². The van der Waals surface area contributed by atoms with Crippen LogP contribution in [0.5, 0.6) is 0 Å². The molecule has 160 valence electrons. The summed E-state index contributed by atoms with van der Waals surface area (Å²) in [6.07, 6.45) is 0.151. The van der Waals surface area contributed by atoms with Gasteiger partial charge in [0, 0.05) is 32.7 Å². The summed E-state index contributed by atoms with van der Waals surface area (Å²) in [4.78, 5) is 21.3. The second-order valence-electron chi connectivity index (χ2n) is 8.59. The number of likely N-dealkylation sites (tertiary alicyclic amines) is 1. The van der Waals surface area contributed by atoms with Crippen LogP contribution in [-0.2, 0) is 20.8 Å². The van der Waals surface area contributed by atoms with Crippen LogP contribution in [0.1, 0.15) is 33.3 Å². The van der Waals surface area contributed by atoms with E-state index >= 15 is 0 Å². The minimum atomic E-state index is -0.501. The van der Waals surface area contributed by atoms with Crippen molar-refractivity contribution in [2.24, 2.45) is 4.99 Å². The van der Waals surface area contributed by atoms with E-state index in [1.807, 2.05) is 33.8 Å². The topological polar surface area (TPSA) is 66.4 Å². The van der Waals surface area contributed by atoms with E-state index in [0.29, 0.717) is 6.04 Å². The number of guanidine groups is 1. The highest BCUT2D eigenvalue weighted by Gasteiger charge is 2.41. The maximum Gasteiger partial charge on any atom is 0.328 e. The molecule has 29 heavy (non-hydrogen) atoms. The number of morpholine rings is 1. The van der Waals surface area contributed by atoms with E-state index in [4.69, 9.17) is 9.47 Å². The van der Waals surface area contributed by atoms with Gasteiger partial charge in [-0.3, -0.25) is 9.69 Å². The van der Waals surface area contributed by atoms with Crippen LogP contribution in [0.25, 0.3) is 0 Å². The van der Waals surface area contributed by atoms with E-state index in [-0.39, 0.29) is 18.6 Å². The van der Waals surface area contributed by atoms with E-state index in [1.165, 1.54) is 5.56 Å². The molecule has 2 aliphatic rings. The van der Waals surface area contributed by atoms with Gasteiger partial charge in [-0.2, -0.15) is 0 Å². The number of hydrogen-bond acceptors (Lipinski definition) is 5. The fourth-order valence-corrected chi connectivity index (χ4v) is 3.88. The Morgan fingerprint density at radius 1 is 1.28 bits per heavy atom. The Hall–Kier alpha value is -2.12. The first-order valence-corrected chi connectivity index (χ1v) is 10.5. The zero-order valence-corrected chi connectivity index (χ0v) is 18.1. The van der Waals surface area contributed by atoms with Crippen LogP contribution in [-0.4, -0.2) is 78.8 Å². The molecule has 2 saturated heterocycles. The Morgan fingerprint density at radius 2 is 2.03 bits per heavy atom. The summed E-state index contributed by atoms with van der Waals surface area (Å²) in [5.74, 6) is 0.433.